The van der Waals surface area contributed by atoms with Gasteiger partial charge in [-0.1, -0.05) is 6.07 Å². The van der Waals surface area contributed by atoms with Crippen LogP contribution in [-0.2, 0) is 19.5 Å². The number of fused-ring (bicyclic) bond motifs is 1. The maximum Gasteiger partial charge on any atom is 0.255 e. The largest absolute Gasteiger partial charge is 0.342 e. The normalized spacial score (nSPS) is 18.4. The molecule has 0 bridgehead atoms. The summed E-state index contributed by atoms with van der Waals surface area (Å²) in [5.41, 5.74) is 2.88. The van der Waals surface area contributed by atoms with E-state index in [-0.39, 0.29) is 5.56 Å². The van der Waals surface area contributed by atoms with E-state index in [0.29, 0.717) is 0 Å². The van der Waals surface area contributed by atoms with Gasteiger partial charge in [0, 0.05) is 44.5 Å². The zero-order chi connectivity index (χ0) is 16.4. The second-order valence-electron chi connectivity index (χ2n) is 6.64. The van der Waals surface area contributed by atoms with E-state index in [2.05, 4.69) is 19.8 Å². The molecule has 126 valence electrons. The molecule has 0 unspecified atom stereocenters. The Morgan fingerprint density at radius 2 is 2.00 bits per heavy atom. The third-order valence-corrected chi connectivity index (χ3v) is 4.91. The van der Waals surface area contributed by atoms with Crippen molar-refractivity contribution in [1.29, 1.82) is 0 Å². The summed E-state index contributed by atoms with van der Waals surface area (Å²) in [6, 6.07) is 5.98. The number of piperidine rings is 1. The number of aromatic nitrogens is 3. The Bertz CT molecular complexity index is 752. The Morgan fingerprint density at radius 1 is 1.12 bits per heavy atom. The average molecular weight is 325 g/mol. The van der Waals surface area contributed by atoms with E-state index in [1.807, 2.05) is 24.4 Å². The lowest BCUT2D eigenvalue weighted by molar-refractivity contribution is 0.237. The SMILES string of the molecule is O=c1[nH]c(N2CCCCC2)nc2c1CCN(Cc1ccccn1)C2. The Labute approximate surface area is 141 Å². The van der Waals surface area contributed by atoms with Crippen LogP contribution in [-0.4, -0.2) is 39.5 Å². The first-order valence-corrected chi connectivity index (χ1v) is 8.79. The van der Waals surface area contributed by atoms with E-state index in [0.717, 1.165) is 62.0 Å². The van der Waals surface area contributed by atoms with Crippen molar-refractivity contribution in [3.05, 3.63) is 51.7 Å². The highest BCUT2D eigenvalue weighted by Gasteiger charge is 2.23. The van der Waals surface area contributed by atoms with Crippen molar-refractivity contribution in [2.24, 2.45) is 0 Å². The zero-order valence-electron chi connectivity index (χ0n) is 13.9. The highest BCUT2D eigenvalue weighted by molar-refractivity contribution is 5.34. The molecule has 0 spiro atoms. The lowest BCUT2D eigenvalue weighted by Crippen LogP contribution is -2.38. The third kappa shape index (κ3) is 3.19. The maximum absolute atomic E-state index is 12.4. The van der Waals surface area contributed by atoms with E-state index in [1.165, 1.54) is 19.3 Å². The first-order chi connectivity index (χ1) is 11.8. The molecule has 0 aliphatic carbocycles. The number of aromatic amines is 1. The molecule has 0 atom stereocenters. The summed E-state index contributed by atoms with van der Waals surface area (Å²) < 4.78 is 0. The smallest absolute Gasteiger partial charge is 0.255 e. The fraction of sp³-hybridized carbons (Fsp3) is 0.500. The minimum atomic E-state index is 0.0399. The summed E-state index contributed by atoms with van der Waals surface area (Å²) in [5.74, 6) is 0.748. The number of anilines is 1. The lowest BCUT2D eigenvalue weighted by Gasteiger charge is -2.30. The minimum Gasteiger partial charge on any atom is -0.342 e. The van der Waals surface area contributed by atoms with Crippen molar-refractivity contribution in [2.75, 3.05) is 24.5 Å². The highest BCUT2D eigenvalue weighted by atomic mass is 16.1. The molecule has 1 saturated heterocycles. The van der Waals surface area contributed by atoms with Gasteiger partial charge in [0.15, 0.2) is 0 Å². The van der Waals surface area contributed by atoms with E-state index in [4.69, 9.17) is 4.98 Å². The number of hydrogen-bond acceptors (Lipinski definition) is 5. The Balaban J connectivity index is 1.55. The number of nitrogens with zero attached hydrogens (tertiary/aromatic N) is 4. The summed E-state index contributed by atoms with van der Waals surface area (Å²) in [7, 11) is 0. The molecule has 4 heterocycles. The van der Waals surface area contributed by atoms with Crippen LogP contribution in [0.5, 0.6) is 0 Å². The van der Waals surface area contributed by atoms with Crippen LogP contribution in [0, 0.1) is 0 Å². The van der Waals surface area contributed by atoms with Crippen LogP contribution in [0.3, 0.4) is 0 Å². The van der Waals surface area contributed by atoms with Crippen molar-refractivity contribution in [3.63, 3.8) is 0 Å². The van der Waals surface area contributed by atoms with Gasteiger partial charge in [-0.05, 0) is 37.8 Å². The van der Waals surface area contributed by atoms with Crippen molar-refractivity contribution < 1.29 is 0 Å². The van der Waals surface area contributed by atoms with Gasteiger partial charge in [-0.2, -0.15) is 0 Å². The number of hydrogen-bond donors (Lipinski definition) is 1. The number of nitrogens with one attached hydrogen (secondary N) is 1. The Hall–Kier alpha value is -2.21. The van der Waals surface area contributed by atoms with Gasteiger partial charge in [0.1, 0.15) is 0 Å². The fourth-order valence-corrected chi connectivity index (χ4v) is 3.59. The molecule has 6 heteroatoms. The summed E-state index contributed by atoms with van der Waals surface area (Å²) in [4.78, 5) is 29.2. The standard InChI is InChI=1S/C18H23N5O/c24-17-15-7-11-22(12-14-6-2-3-8-19-14)13-16(15)20-18(21-17)23-9-4-1-5-10-23/h2-3,6,8H,1,4-5,7,9-13H2,(H,20,21,24). The predicted molar refractivity (Wildman–Crippen MR) is 93.0 cm³/mol. The molecule has 24 heavy (non-hydrogen) atoms. The average Bonchev–Trinajstić information content (AvgIpc) is 2.63. The van der Waals surface area contributed by atoms with Crippen LogP contribution >= 0.6 is 0 Å². The van der Waals surface area contributed by atoms with Gasteiger partial charge in [0.2, 0.25) is 5.95 Å². The first kappa shape index (κ1) is 15.3. The molecular weight excluding hydrogens is 302 g/mol. The van der Waals surface area contributed by atoms with E-state index in [9.17, 15) is 4.79 Å². The van der Waals surface area contributed by atoms with E-state index >= 15 is 0 Å². The van der Waals surface area contributed by atoms with Gasteiger partial charge in [-0.25, -0.2) is 4.98 Å². The van der Waals surface area contributed by atoms with Crippen LogP contribution in [0.25, 0.3) is 0 Å². The van der Waals surface area contributed by atoms with Gasteiger partial charge in [0.25, 0.3) is 5.56 Å². The summed E-state index contributed by atoms with van der Waals surface area (Å²) in [6.45, 7) is 4.36. The molecule has 0 radical (unpaired) electrons. The molecule has 2 aromatic rings. The monoisotopic (exact) mass is 325 g/mol. The van der Waals surface area contributed by atoms with Gasteiger partial charge in [-0.15, -0.1) is 0 Å². The van der Waals surface area contributed by atoms with Crippen molar-refractivity contribution >= 4 is 5.95 Å². The number of H-pyrrole nitrogens is 1. The van der Waals surface area contributed by atoms with Crippen molar-refractivity contribution in [3.8, 4) is 0 Å². The second-order valence-corrected chi connectivity index (χ2v) is 6.64. The molecular formula is C18H23N5O. The van der Waals surface area contributed by atoms with E-state index in [1.54, 1.807) is 0 Å². The van der Waals surface area contributed by atoms with Gasteiger partial charge in [0.05, 0.1) is 11.4 Å². The molecule has 0 saturated carbocycles. The Kier molecular flexibility index (Phi) is 4.30. The maximum atomic E-state index is 12.4. The zero-order valence-corrected chi connectivity index (χ0v) is 13.9. The van der Waals surface area contributed by atoms with Crippen molar-refractivity contribution in [1.82, 2.24) is 19.9 Å². The van der Waals surface area contributed by atoms with E-state index < -0.39 is 0 Å². The molecule has 1 fully saturated rings. The van der Waals surface area contributed by atoms with Crippen LogP contribution in [0.1, 0.15) is 36.2 Å². The molecule has 1 N–H and O–H groups in total. The summed E-state index contributed by atoms with van der Waals surface area (Å²) in [5, 5.41) is 0. The van der Waals surface area contributed by atoms with Crippen LogP contribution < -0.4 is 10.5 Å². The second kappa shape index (κ2) is 6.73. The summed E-state index contributed by atoms with van der Waals surface area (Å²) >= 11 is 0. The lowest BCUT2D eigenvalue weighted by atomic mass is 10.1. The fourth-order valence-electron chi connectivity index (χ4n) is 3.59. The molecule has 0 amide bonds. The van der Waals surface area contributed by atoms with Gasteiger partial charge >= 0.3 is 0 Å². The number of rotatable bonds is 3. The highest BCUT2D eigenvalue weighted by Crippen LogP contribution is 2.20. The number of pyridine rings is 1. The van der Waals surface area contributed by atoms with Crippen LogP contribution in [0.15, 0.2) is 29.2 Å². The molecule has 0 aromatic carbocycles. The quantitative estimate of drug-likeness (QED) is 0.931. The van der Waals surface area contributed by atoms with Crippen molar-refractivity contribution in [2.45, 2.75) is 38.8 Å². The molecule has 6 nitrogen and oxygen atoms in total. The molecule has 2 aliphatic rings. The third-order valence-electron chi connectivity index (χ3n) is 4.91. The molecule has 2 aromatic heterocycles. The predicted octanol–water partition coefficient (Wildman–Crippen LogP) is 1.71. The summed E-state index contributed by atoms with van der Waals surface area (Å²) in [6.07, 6.45) is 6.19. The topological polar surface area (TPSA) is 65.1 Å². The van der Waals surface area contributed by atoms with Gasteiger partial charge in [-0.3, -0.25) is 19.7 Å². The molecule has 2 aliphatic heterocycles. The molecule has 4 rings (SSSR count). The first-order valence-electron chi connectivity index (χ1n) is 8.79. The van der Waals surface area contributed by atoms with Crippen LogP contribution in [0.4, 0.5) is 5.95 Å². The minimum absolute atomic E-state index is 0.0399. The van der Waals surface area contributed by atoms with Gasteiger partial charge < -0.3 is 4.90 Å². The van der Waals surface area contributed by atoms with Crippen LogP contribution in [0.2, 0.25) is 0 Å². The Morgan fingerprint density at radius 3 is 2.79 bits per heavy atom.